The molecule has 2 rings (SSSR count). The van der Waals surface area contributed by atoms with Crippen LogP contribution in [0.2, 0.25) is 0 Å². The van der Waals surface area contributed by atoms with Crippen LogP contribution in [0, 0.1) is 0 Å². The van der Waals surface area contributed by atoms with Crippen LogP contribution in [0.15, 0.2) is 48.8 Å². The van der Waals surface area contributed by atoms with Gasteiger partial charge < -0.3 is 10.1 Å². The second kappa shape index (κ2) is 7.43. The monoisotopic (exact) mass is 284 g/mol. The minimum atomic E-state index is -0.0381. The summed E-state index contributed by atoms with van der Waals surface area (Å²) in [5.41, 5.74) is 2.05. The van der Waals surface area contributed by atoms with E-state index in [0.29, 0.717) is 12.8 Å². The maximum absolute atomic E-state index is 12.0. The minimum absolute atomic E-state index is 0.0252. The quantitative estimate of drug-likeness (QED) is 0.887. The van der Waals surface area contributed by atoms with Crippen molar-refractivity contribution >= 4 is 5.91 Å². The molecule has 0 saturated carbocycles. The molecule has 4 nitrogen and oxygen atoms in total. The number of aromatic nitrogens is 1. The van der Waals surface area contributed by atoms with Gasteiger partial charge in [-0.15, -0.1) is 0 Å². The van der Waals surface area contributed by atoms with Crippen molar-refractivity contribution < 1.29 is 9.53 Å². The number of para-hydroxylation sites is 1. The summed E-state index contributed by atoms with van der Waals surface area (Å²) in [4.78, 5) is 16.1. The van der Waals surface area contributed by atoms with Crippen molar-refractivity contribution in [3.05, 3.63) is 59.9 Å². The first kappa shape index (κ1) is 15.0. The molecule has 0 bridgehead atoms. The van der Waals surface area contributed by atoms with Crippen molar-refractivity contribution in [3.63, 3.8) is 0 Å². The van der Waals surface area contributed by atoms with E-state index >= 15 is 0 Å². The SMILES string of the molecule is COc1ccccc1CCC(=O)NC(C)c1cccnc1. The van der Waals surface area contributed by atoms with Gasteiger partial charge in [0, 0.05) is 18.8 Å². The van der Waals surface area contributed by atoms with Crippen LogP contribution in [0.4, 0.5) is 0 Å². The van der Waals surface area contributed by atoms with Crippen LogP contribution in [-0.2, 0) is 11.2 Å². The van der Waals surface area contributed by atoms with E-state index in [1.165, 1.54) is 0 Å². The summed E-state index contributed by atoms with van der Waals surface area (Å²) in [6.45, 7) is 1.96. The zero-order valence-electron chi connectivity index (χ0n) is 12.4. The van der Waals surface area contributed by atoms with Crippen LogP contribution in [0.3, 0.4) is 0 Å². The largest absolute Gasteiger partial charge is 0.496 e. The third kappa shape index (κ3) is 4.31. The van der Waals surface area contributed by atoms with E-state index < -0.39 is 0 Å². The van der Waals surface area contributed by atoms with Gasteiger partial charge in [0.15, 0.2) is 0 Å². The average Bonchev–Trinajstić information content (AvgIpc) is 2.54. The van der Waals surface area contributed by atoms with Crippen LogP contribution < -0.4 is 10.1 Å². The predicted octanol–water partition coefficient (Wildman–Crippen LogP) is 2.90. The molecule has 1 amide bonds. The fourth-order valence-electron chi connectivity index (χ4n) is 2.19. The molecule has 4 heteroatoms. The highest BCUT2D eigenvalue weighted by atomic mass is 16.5. The van der Waals surface area contributed by atoms with Crippen LogP contribution in [0.5, 0.6) is 5.75 Å². The van der Waals surface area contributed by atoms with Crippen molar-refractivity contribution in [1.82, 2.24) is 10.3 Å². The maximum Gasteiger partial charge on any atom is 0.220 e. The zero-order chi connectivity index (χ0) is 15.1. The molecule has 1 atom stereocenters. The van der Waals surface area contributed by atoms with E-state index in [0.717, 1.165) is 16.9 Å². The predicted molar refractivity (Wildman–Crippen MR) is 82.1 cm³/mol. The molecule has 0 radical (unpaired) electrons. The van der Waals surface area contributed by atoms with E-state index in [9.17, 15) is 4.79 Å². The highest BCUT2D eigenvalue weighted by Crippen LogP contribution is 2.19. The van der Waals surface area contributed by atoms with Gasteiger partial charge in [0.05, 0.1) is 13.2 Å². The number of benzene rings is 1. The molecule has 1 N–H and O–H groups in total. The lowest BCUT2D eigenvalue weighted by Gasteiger charge is -2.14. The molecular weight excluding hydrogens is 264 g/mol. The fourth-order valence-corrected chi connectivity index (χ4v) is 2.19. The highest BCUT2D eigenvalue weighted by Gasteiger charge is 2.10. The van der Waals surface area contributed by atoms with Gasteiger partial charge in [-0.1, -0.05) is 24.3 Å². The number of carbonyl (C=O) groups is 1. The van der Waals surface area contributed by atoms with Crippen LogP contribution in [0.25, 0.3) is 0 Å². The normalized spacial score (nSPS) is 11.7. The van der Waals surface area contributed by atoms with Crippen LogP contribution in [-0.4, -0.2) is 18.0 Å². The Hall–Kier alpha value is -2.36. The molecule has 2 aromatic rings. The molecule has 0 fully saturated rings. The Balaban J connectivity index is 1.88. The summed E-state index contributed by atoms with van der Waals surface area (Å²) in [5.74, 6) is 0.850. The summed E-state index contributed by atoms with van der Waals surface area (Å²) in [6.07, 6.45) is 4.59. The molecule has 0 spiro atoms. The number of nitrogens with zero attached hydrogens (tertiary/aromatic N) is 1. The topological polar surface area (TPSA) is 51.2 Å². The average molecular weight is 284 g/mol. The molecular formula is C17H20N2O2. The van der Waals surface area contributed by atoms with Crippen molar-refractivity contribution in [2.75, 3.05) is 7.11 Å². The number of aryl methyl sites for hydroxylation is 1. The van der Waals surface area contributed by atoms with Gasteiger partial charge in [0.25, 0.3) is 0 Å². The van der Waals surface area contributed by atoms with Crippen molar-refractivity contribution in [1.29, 1.82) is 0 Å². The van der Waals surface area contributed by atoms with Crippen LogP contribution in [0.1, 0.15) is 30.5 Å². The third-order valence-electron chi connectivity index (χ3n) is 3.38. The Bertz CT molecular complexity index is 584. The van der Waals surface area contributed by atoms with Gasteiger partial charge in [-0.05, 0) is 36.6 Å². The Kier molecular flexibility index (Phi) is 5.32. The molecule has 0 saturated heterocycles. The summed E-state index contributed by atoms with van der Waals surface area (Å²) >= 11 is 0. The molecule has 1 heterocycles. The van der Waals surface area contributed by atoms with Gasteiger partial charge in [-0.25, -0.2) is 0 Å². The number of amides is 1. The Morgan fingerprint density at radius 3 is 2.81 bits per heavy atom. The number of nitrogens with one attached hydrogen (secondary N) is 1. The second-order valence-electron chi connectivity index (χ2n) is 4.89. The molecule has 1 aromatic carbocycles. The van der Waals surface area contributed by atoms with E-state index in [-0.39, 0.29) is 11.9 Å². The first-order chi connectivity index (χ1) is 10.2. The Labute approximate surface area is 125 Å². The van der Waals surface area contributed by atoms with Gasteiger partial charge in [-0.3, -0.25) is 9.78 Å². The molecule has 0 aliphatic heterocycles. The lowest BCUT2D eigenvalue weighted by Crippen LogP contribution is -2.26. The van der Waals surface area contributed by atoms with E-state index in [4.69, 9.17) is 4.74 Å². The molecule has 0 aliphatic carbocycles. The van der Waals surface area contributed by atoms with Crippen molar-refractivity contribution in [3.8, 4) is 5.75 Å². The van der Waals surface area contributed by atoms with E-state index in [2.05, 4.69) is 10.3 Å². The summed E-state index contributed by atoms with van der Waals surface area (Å²) in [7, 11) is 1.64. The number of rotatable bonds is 6. The molecule has 21 heavy (non-hydrogen) atoms. The smallest absolute Gasteiger partial charge is 0.220 e. The molecule has 1 aromatic heterocycles. The first-order valence-corrected chi connectivity index (χ1v) is 7.02. The number of methoxy groups -OCH3 is 1. The molecule has 0 aliphatic rings. The van der Waals surface area contributed by atoms with Crippen molar-refractivity contribution in [2.45, 2.75) is 25.8 Å². The number of pyridine rings is 1. The standard InChI is InChI=1S/C17H20N2O2/c1-13(15-7-5-11-18-12-15)19-17(20)10-9-14-6-3-4-8-16(14)21-2/h3-8,11-13H,9-10H2,1-2H3,(H,19,20). The number of ether oxygens (including phenoxy) is 1. The summed E-state index contributed by atoms with van der Waals surface area (Å²) in [5, 5.41) is 2.98. The molecule has 1 unspecified atom stereocenters. The van der Waals surface area contributed by atoms with Gasteiger partial charge in [0.1, 0.15) is 5.75 Å². The van der Waals surface area contributed by atoms with E-state index in [1.54, 1.807) is 19.5 Å². The summed E-state index contributed by atoms with van der Waals surface area (Å²) < 4.78 is 5.29. The first-order valence-electron chi connectivity index (χ1n) is 7.02. The van der Waals surface area contributed by atoms with Gasteiger partial charge in [-0.2, -0.15) is 0 Å². The zero-order valence-corrected chi connectivity index (χ0v) is 12.4. The maximum atomic E-state index is 12.0. The highest BCUT2D eigenvalue weighted by molar-refractivity contribution is 5.76. The Morgan fingerprint density at radius 2 is 2.10 bits per heavy atom. The third-order valence-corrected chi connectivity index (χ3v) is 3.38. The second-order valence-corrected chi connectivity index (χ2v) is 4.89. The number of carbonyl (C=O) groups excluding carboxylic acids is 1. The van der Waals surface area contributed by atoms with Crippen molar-refractivity contribution in [2.24, 2.45) is 0 Å². The lowest BCUT2D eigenvalue weighted by molar-refractivity contribution is -0.121. The van der Waals surface area contributed by atoms with Gasteiger partial charge >= 0.3 is 0 Å². The summed E-state index contributed by atoms with van der Waals surface area (Å²) in [6, 6.07) is 11.6. The number of hydrogen-bond acceptors (Lipinski definition) is 3. The van der Waals surface area contributed by atoms with Crippen LogP contribution >= 0.6 is 0 Å². The fraction of sp³-hybridized carbons (Fsp3) is 0.294. The number of hydrogen-bond donors (Lipinski definition) is 1. The van der Waals surface area contributed by atoms with E-state index in [1.807, 2.05) is 43.3 Å². The minimum Gasteiger partial charge on any atom is -0.496 e. The molecule has 110 valence electrons. The Morgan fingerprint density at radius 1 is 1.29 bits per heavy atom. The van der Waals surface area contributed by atoms with Gasteiger partial charge in [0.2, 0.25) is 5.91 Å². The lowest BCUT2D eigenvalue weighted by atomic mass is 10.1.